The Morgan fingerprint density at radius 2 is 2.07 bits per heavy atom. The SMILES string of the molecule is C[C@H](CO)N[C@@H](C)c1cc(F)ccc1O. The lowest BCUT2D eigenvalue weighted by atomic mass is 10.1. The summed E-state index contributed by atoms with van der Waals surface area (Å²) in [5.41, 5.74) is 0.496. The van der Waals surface area contributed by atoms with Gasteiger partial charge in [0.15, 0.2) is 0 Å². The molecule has 0 saturated heterocycles. The van der Waals surface area contributed by atoms with Gasteiger partial charge >= 0.3 is 0 Å². The van der Waals surface area contributed by atoms with Crippen LogP contribution >= 0.6 is 0 Å². The summed E-state index contributed by atoms with van der Waals surface area (Å²) < 4.78 is 12.9. The molecule has 0 aromatic heterocycles. The molecule has 4 heteroatoms. The van der Waals surface area contributed by atoms with Crippen molar-refractivity contribution in [2.24, 2.45) is 0 Å². The number of benzene rings is 1. The van der Waals surface area contributed by atoms with Gasteiger partial charge in [0.25, 0.3) is 0 Å². The first-order chi connectivity index (χ1) is 7.04. The van der Waals surface area contributed by atoms with Crippen molar-refractivity contribution in [2.75, 3.05) is 6.61 Å². The van der Waals surface area contributed by atoms with Crippen molar-refractivity contribution in [3.63, 3.8) is 0 Å². The molecular weight excluding hydrogens is 197 g/mol. The molecule has 15 heavy (non-hydrogen) atoms. The second-order valence-corrected chi connectivity index (χ2v) is 3.68. The normalized spacial score (nSPS) is 14.9. The van der Waals surface area contributed by atoms with Gasteiger partial charge in [0.2, 0.25) is 0 Å². The fourth-order valence-corrected chi connectivity index (χ4v) is 1.44. The molecule has 2 atom stereocenters. The molecule has 1 aromatic rings. The van der Waals surface area contributed by atoms with Gasteiger partial charge in [-0.05, 0) is 32.0 Å². The van der Waals surface area contributed by atoms with Gasteiger partial charge in [0.1, 0.15) is 11.6 Å². The third-order valence-corrected chi connectivity index (χ3v) is 2.26. The molecule has 0 aliphatic rings. The molecule has 0 unspecified atom stereocenters. The van der Waals surface area contributed by atoms with E-state index < -0.39 is 0 Å². The van der Waals surface area contributed by atoms with E-state index in [9.17, 15) is 9.50 Å². The van der Waals surface area contributed by atoms with Gasteiger partial charge in [0.05, 0.1) is 6.61 Å². The Kier molecular flexibility index (Phi) is 4.05. The first-order valence-corrected chi connectivity index (χ1v) is 4.90. The van der Waals surface area contributed by atoms with Gasteiger partial charge in [-0.15, -0.1) is 0 Å². The first kappa shape index (κ1) is 11.9. The molecular formula is C11H16FNO2. The minimum atomic E-state index is -0.381. The van der Waals surface area contributed by atoms with Crippen molar-refractivity contribution in [3.8, 4) is 5.75 Å². The van der Waals surface area contributed by atoms with Crippen LogP contribution in [0, 0.1) is 5.82 Å². The Morgan fingerprint density at radius 3 is 2.67 bits per heavy atom. The van der Waals surface area contributed by atoms with Crippen LogP contribution in [0.3, 0.4) is 0 Å². The molecule has 0 bridgehead atoms. The summed E-state index contributed by atoms with van der Waals surface area (Å²) >= 11 is 0. The van der Waals surface area contributed by atoms with Crippen LogP contribution in [0.4, 0.5) is 4.39 Å². The molecule has 3 nitrogen and oxygen atoms in total. The molecule has 1 aromatic carbocycles. The van der Waals surface area contributed by atoms with E-state index in [-0.39, 0.29) is 30.3 Å². The number of phenolic OH excluding ortho intramolecular Hbond substituents is 1. The second-order valence-electron chi connectivity index (χ2n) is 3.68. The molecule has 0 radical (unpaired) electrons. The number of hydrogen-bond donors (Lipinski definition) is 3. The predicted octanol–water partition coefficient (Wildman–Crippen LogP) is 1.56. The largest absolute Gasteiger partial charge is 0.508 e. The molecule has 0 heterocycles. The van der Waals surface area contributed by atoms with Crippen LogP contribution < -0.4 is 5.32 Å². The highest BCUT2D eigenvalue weighted by Crippen LogP contribution is 2.24. The number of aromatic hydroxyl groups is 1. The van der Waals surface area contributed by atoms with Crippen LogP contribution in [0.1, 0.15) is 25.5 Å². The van der Waals surface area contributed by atoms with Crippen molar-refractivity contribution in [3.05, 3.63) is 29.6 Å². The highest BCUT2D eigenvalue weighted by atomic mass is 19.1. The highest BCUT2D eigenvalue weighted by molar-refractivity contribution is 5.34. The molecule has 0 aliphatic carbocycles. The Hall–Kier alpha value is -1.13. The van der Waals surface area contributed by atoms with Crippen LogP contribution in [-0.2, 0) is 0 Å². The maximum atomic E-state index is 12.9. The van der Waals surface area contributed by atoms with Crippen molar-refractivity contribution in [2.45, 2.75) is 25.9 Å². The van der Waals surface area contributed by atoms with Crippen LogP contribution in [0.5, 0.6) is 5.75 Å². The Balaban J connectivity index is 2.80. The lowest BCUT2D eigenvalue weighted by Gasteiger charge is -2.19. The maximum Gasteiger partial charge on any atom is 0.123 e. The maximum absolute atomic E-state index is 12.9. The Labute approximate surface area is 88.6 Å². The van der Waals surface area contributed by atoms with E-state index >= 15 is 0 Å². The van der Waals surface area contributed by atoms with E-state index in [0.29, 0.717) is 5.56 Å². The minimum Gasteiger partial charge on any atom is -0.508 e. The Morgan fingerprint density at radius 1 is 1.40 bits per heavy atom. The zero-order valence-electron chi connectivity index (χ0n) is 8.87. The van der Waals surface area contributed by atoms with E-state index in [1.807, 2.05) is 6.92 Å². The minimum absolute atomic E-state index is 0.000414. The first-order valence-electron chi connectivity index (χ1n) is 4.90. The van der Waals surface area contributed by atoms with Crippen molar-refractivity contribution in [1.29, 1.82) is 0 Å². The van der Waals surface area contributed by atoms with E-state index in [0.717, 1.165) is 0 Å². The number of rotatable bonds is 4. The third kappa shape index (κ3) is 3.18. The summed E-state index contributed by atoms with van der Waals surface area (Å²) in [5.74, 6) is -0.324. The summed E-state index contributed by atoms with van der Waals surface area (Å²) in [6.07, 6.45) is 0. The summed E-state index contributed by atoms with van der Waals surface area (Å²) in [4.78, 5) is 0. The number of phenols is 1. The van der Waals surface area contributed by atoms with Crippen LogP contribution in [0.25, 0.3) is 0 Å². The third-order valence-electron chi connectivity index (χ3n) is 2.26. The average Bonchev–Trinajstić information content (AvgIpc) is 2.21. The topological polar surface area (TPSA) is 52.5 Å². The van der Waals surface area contributed by atoms with E-state index in [1.54, 1.807) is 6.92 Å². The molecule has 0 fully saturated rings. The van der Waals surface area contributed by atoms with Crippen LogP contribution in [-0.4, -0.2) is 22.9 Å². The quantitative estimate of drug-likeness (QED) is 0.711. The zero-order valence-corrected chi connectivity index (χ0v) is 8.87. The van der Waals surface area contributed by atoms with Crippen LogP contribution in [0.2, 0.25) is 0 Å². The van der Waals surface area contributed by atoms with Crippen molar-refractivity contribution < 1.29 is 14.6 Å². The number of hydrogen-bond acceptors (Lipinski definition) is 3. The summed E-state index contributed by atoms with van der Waals surface area (Å²) in [5, 5.41) is 21.4. The standard InChI is InChI=1S/C11H16FNO2/c1-7(6-14)13-8(2)10-5-9(12)3-4-11(10)15/h3-5,7-8,13-15H,6H2,1-2H3/t7-,8+/m1/s1. The summed E-state index contributed by atoms with van der Waals surface area (Å²) in [6, 6.07) is 3.52. The van der Waals surface area contributed by atoms with Crippen molar-refractivity contribution >= 4 is 0 Å². The molecule has 0 amide bonds. The number of aliphatic hydroxyl groups is 1. The fourth-order valence-electron chi connectivity index (χ4n) is 1.44. The predicted molar refractivity (Wildman–Crippen MR) is 56.2 cm³/mol. The van der Waals surface area contributed by atoms with Gasteiger partial charge in [-0.25, -0.2) is 4.39 Å². The van der Waals surface area contributed by atoms with Gasteiger partial charge in [-0.3, -0.25) is 0 Å². The fraction of sp³-hybridized carbons (Fsp3) is 0.455. The molecule has 1 rings (SSSR count). The number of nitrogens with one attached hydrogen (secondary N) is 1. The average molecular weight is 213 g/mol. The van der Waals surface area contributed by atoms with Crippen molar-refractivity contribution in [1.82, 2.24) is 5.32 Å². The smallest absolute Gasteiger partial charge is 0.123 e. The van der Waals surface area contributed by atoms with Gasteiger partial charge in [-0.2, -0.15) is 0 Å². The monoisotopic (exact) mass is 213 g/mol. The Bertz CT molecular complexity index is 330. The lowest BCUT2D eigenvalue weighted by Crippen LogP contribution is -2.31. The molecule has 0 spiro atoms. The zero-order chi connectivity index (χ0) is 11.4. The lowest BCUT2D eigenvalue weighted by molar-refractivity contribution is 0.242. The summed E-state index contributed by atoms with van der Waals surface area (Å²) in [7, 11) is 0. The number of aliphatic hydroxyl groups excluding tert-OH is 1. The highest BCUT2D eigenvalue weighted by Gasteiger charge is 2.13. The summed E-state index contributed by atoms with van der Waals surface area (Å²) in [6.45, 7) is 3.62. The van der Waals surface area contributed by atoms with E-state index in [4.69, 9.17) is 5.11 Å². The van der Waals surface area contributed by atoms with Gasteiger partial charge < -0.3 is 15.5 Å². The molecule has 84 valence electrons. The number of halogens is 1. The second kappa shape index (κ2) is 5.09. The molecule has 0 aliphatic heterocycles. The van der Waals surface area contributed by atoms with Gasteiger partial charge in [-0.1, -0.05) is 0 Å². The molecule has 3 N–H and O–H groups in total. The van der Waals surface area contributed by atoms with Crippen LogP contribution in [0.15, 0.2) is 18.2 Å². The van der Waals surface area contributed by atoms with E-state index in [1.165, 1.54) is 18.2 Å². The van der Waals surface area contributed by atoms with E-state index in [2.05, 4.69) is 5.32 Å². The van der Waals surface area contributed by atoms with Gasteiger partial charge in [0, 0.05) is 17.6 Å². The molecule has 0 saturated carbocycles.